The topological polar surface area (TPSA) is 52.3 Å². The summed E-state index contributed by atoms with van der Waals surface area (Å²) in [4.78, 5) is 12.5. The Labute approximate surface area is 126 Å². The molecule has 0 aromatic heterocycles. The van der Waals surface area contributed by atoms with Crippen LogP contribution in [0.4, 0.5) is 0 Å². The standard InChI is InChI=1S/C18H25NO2/c19-16-11-3-1-2-10-15(16)18(20)21-17-12-6-8-13-7-4-5-9-14(13)17/h4-5,7,9,15-17H,1-3,6,8,10-12,19H2. The second-order valence-corrected chi connectivity index (χ2v) is 6.42. The molecule has 0 bridgehead atoms. The number of ether oxygens (including phenoxy) is 1. The predicted octanol–water partition coefficient (Wildman–Crippen LogP) is 3.51. The molecular weight excluding hydrogens is 262 g/mol. The third kappa shape index (κ3) is 3.29. The van der Waals surface area contributed by atoms with Crippen LogP contribution >= 0.6 is 0 Å². The maximum Gasteiger partial charge on any atom is 0.311 e. The average Bonchev–Trinajstić information content (AvgIpc) is 2.72. The SMILES string of the molecule is NC1CCCCCC1C(=O)OC1CCCc2ccccc21. The van der Waals surface area contributed by atoms with Gasteiger partial charge in [0.1, 0.15) is 6.10 Å². The van der Waals surface area contributed by atoms with Crippen molar-refractivity contribution in [3.05, 3.63) is 35.4 Å². The van der Waals surface area contributed by atoms with E-state index in [4.69, 9.17) is 10.5 Å². The molecular formula is C18H25NO2. The molecule has 3 nitrogen and oxygen atoms in total. The van der Waals surface area contributed by atoms with E-state index >= 15 is 0 Å². The highest BCUT2D eigenvalue weighted by Crippen LogP contribution is 2.34. The first-order valence-electron chi connectivity index (χ1n) is 8.29. The number of rotatable bonds is 2. The second kappa shape index (κ2) is 6.61. The largest absolute Gasteiger partial charge is 0.457 e. The quantitative estimate of drug-likeness (QED) is 0.669. The van der Waals surface area contributed by atoms with Gasteiger partial charge in [0.25, 0.3) is 0 Å². The molecule has 0 spiro atoms. The molecule has 1 saturated carbocycles. The minimum atomic E-state index is -0.110. The molecule has 3 atom stereocenters. The van der Waals surface area contributed by atoms with Gasteiger partial charge in [-0.15, -0.1) is 0 Å². The molecule has 1 fully saturated rings. The van der Waals surface area contributed by atoms with Crippen molar-refractivity contribution in [2.24, 2.45) is 11.7 Å². The third-order valence-electron chi connectivity index (χ3n) is 4.94. The number of hydrogen-bond donors (Lipinski definition) is 1. The number of aryl methyl sites for hydroxylation is 1. The molecule has 21 heavy (non-hydrogen) atoms. The summed E-state index contributed by atoms with van der Waals surface area (Å²) in [6.45, 7) is 0. The van der Waals surface area contributed by atoms with E-state index in [2.05, 4.69) is 18.2 Å². The molecule has 2 aliphatic carbocycles. The number of nitrogens with two attached hydrogens (primary N) is 1. The average molecular weight is 287 g/mol. The zero-order valence-corrected chi connectivity index (χ0v) is 12.6. The molecule has 1 aromatic rings. The summed E-state index contributed by atoms with van der Waals surface area (Å²) in [5.41, 5.74) is 8.70. The maximum absolute atomic E-state index is 12.5. The van der Waals surface area contributed by atoms with Crippen LogP contribution in [0.1, 0.15) is 62.2 Å². The number of carbonyl (C=O) groups excluding carboxylic acids is 1. The van der Waals surface area contributed by atoms with Crippen LogP contribution in [0.5, 0.6) is 0 Å². The molecule has 3 heteroatoms. The molecule has 1 aromatic carbocycles. The van der Waals surface area contributed by atoms with Gasteiger partial charge in [-0.2, -0.15) is 0 Å². The van der Waals surface area contributed by atoms with Crippen molar-refractivity contribution >= 4 is 5.97 Å². The first-order chi connectivity index (χ1) is 10.3. The Morgan fingerprint density at radius 2 is 1.86 bits per heavy atom. The van der Waals surface area contributed by atoms with Crippen LogP contribution in [0.15, 0.2) is 24.3 Å². The first-order valence-corrected chi connectivity index (χ1v) is 8.29. The third-order valence-corrected chi connectivity index (χ3v) is 4.94. The van der Waals surface area contributed by atoms with E-state index in [1.54, 1.807) is 0 Å². The normalized spacial score (nSPS) is 29.3. The van der Waals surface area contributed by atoms with Crippen molar-refractivity contribution in [1.29, 1.82) is 0 Å². The van der Waals surface area contributed by atoms with E-state index in [0.717, 1.165) is 44.9 Å². The fourth-order valence-corrected chi connectivity index (χ4v) is 3.69. The highest BCUT2D eigenvalue weighted by atomic mass is 16.5. The van der Waals surface area contributed by atoms with Gasteiger partial charge in [0.15, 0.2) is 0 Å². The lowest BCUT2D eigenvalue weighted by molar-refractivity contribution is -0.156. The number of esters is 1. The number of carbonyl (C=O) groups is 1. The Balaban J connectivity index is 1.70. The number of hydrogen-bond acceptors (Lipinski definition) is 3. The monoisotopic (exact) mass is 287 g/mol. The van der Waals surface area contributed by atoms with Crippen molar-refractivity contribution in [2.45, 2.75) is 63.5 Å². The van der Waals surface area contributed by atoms with Gasteiger partial charge in [0.2, 0.25) is 0 Å². The fourth-order valence-electron chi connectivity index (χ4n) is 3.69. The van der Waals surface area contributed by atoms with Crippen molar-refractivity contribution in [2.75, 3.05) is 0 Å². The second-order valence-electron chi connectivity index (χ2n) is 6.42. The lowest BCUT2D eigenvalue weighted by Crippen LogP contribution is -2.36. The summed E-state index contributed by atoms with van der Waals surface area (Å²) in [7, 11) is 0. The molecule has 3 rings (SSSR count). The van der Waals surface area contributed by atoms with Crippen LogP contribution in [0.2, 0.25) is 0 Å². The zero-order chi connectivity index (χ0) is 14.7. The van der Waals surface area contributed by atoms with Crippen LogP contribution in [-0.4, -0.2) is 12.0 Å². The van der Waals surface area contributed by atoms with Gasteiger partial charge in [-0.3, -0.25) is 4.79 Å². The summed E-state index contributed by atoms with van der Waals surface area (Å²) in [6, 6.07) is 8.30. The minimum absolute atomic E-state index is 0.0289. The molecule has 0 aliphatic heterocycles. The Kier molecular flexibility index (Phi) is 4.59. The molecule has 0 radical (unpaired) electrons. The van der Waals surface area contributed by atoms with Crippen LogP contribution in [0.3, 0.4) is 0 Å². The van der Waals surface area contributed by atoms with Crippen LogP contribution < -0.4 is 5.73 Å². The van der Waals surface area contributed by atoms with Crippen LogP contribution in [0.25, 0.3) is 0 Å². The summed E-state index contributed by atoms with van der Waals surface area (Å²) in [6.07, 6.45) is 8.28. The van der Waals surface area contributed by atoms with E-state index in [0.29, 0.717) is 0 Å². The summed E-state index contributed by atoms with van der Waals surface area (Å²) < 4.78 is 5.86. The summed E-state index contributed by atoms with van der Waals surface area (Å²) in [5, 5.41) is 0. The minimum Gasteiger partial charge on any atom is -0.457 e. The molecule has 2 N–H and O–H groups in total. The van der Waals surface area contributed by atoms with Gasteiger partial charge < -0.3 is 10.5 Å². The predicted molar refractivity (Wildman–Crippen MR) is 82.8 cm³/mol. The molecule has 2 aliphatic rings. The molecule has 0 saturated heterocycles. The first kappa shape index (κ1) is 14.6. The molecule has 0 amide bonds. The van der Waals surface area contributed by atoms with Gasteiger partial charge in [-0.25, -0.2) is 0 Å². The van der Waals surface area contributed by atoms with Gasteiger partial charge in [-0.05, 0) is 43.2 Å². The van der Waals surface area contributed by atoms with E-state index in [1.165, 1.54) is 17.5 Å². The van der Waals surface area contributed by atoms with Gasteiger partial charge in [0, 0.05) is 6.04 Å². The van der Waals surface area contributed by atoms with Gasteiger partial charge in [-0.1, -0.05) is 43.5 Å². The Hall–Kier alpha value is -1.35. The smallest absolute Gasteiger partial charge is 0.311 e. The molecule has 114 valence electrons. The van der Waals surface area contributed by atoms with Gasteiger partial charge >= 0.3 is 5.97 Å². The Morgan fingerprint density at radius 3 is 2.76 bits per heavy atom. The van der Waals surface area contributed by atoms with E-state index in [1.807, 2.05) is 6.07 Å². The summed E-state index contributed by atoms with van der Waals surface area (Å²) >= 11 is 0. The lowest BCUT2D eigenvalue weighted by atomic mass is 9.89. The van der Waals surface area contributed by atoms with Crippen molar-refractivity contribution in [1.82, 2.24) is 0 Å². The van der Waals surface area contributed by atoms with E-state index in [9.17, 15) is 4.79 Å². The van der Waals surface area contributed by atoms with Crippen LogP contribution in [0, 0.1) is 5.92 Å². The summed E-state index contributed by atoms with van der Waals surface area (Å²) in [5.74, 6) is -0.187. The number of benzene rings is 1. The zero-order valence-electron chi connectivity index (χ0n) is 12.6. The van der Waals surface area contributed by atoms with Gasteiger partial charge in [0.05, 0.1) is 5.92 Å². The highest BCUT2D eigenvalue weighted by molar-refractivity contribution is 5.73. The Bertz CT molecular complexity index is 500. The molecule has 3 unspecified atom stereocenters. The maximum atomic E-state index is 12.5. The van der Waals surface area contributed by atoms with Crippen molar-refractivity contribution in [3.8, 4) is 0 Å². The molecule has 0 heterocycles. The van der Waals surface area contributed by atoms with E-state index in [-0.39, 0.29) is 24.0 Å². The highest BCUT2D eigenvalue weighted by Gasteiger charge is 2.31. The van der Waals surface area contributed by atoms with Crippen molar-refractivity contribution < 1.29 is 9.53 Å². The fraction of sp³-hybridized carbons (Fsp3) is 0.611. The Morgan fingerprint density at radius 1 is 1.05 bits per heavy atom. The van der Waals surface area contributed by atoms with E-state index < -0.39 is 0 Å². The lowest BCUT2D eigenvalue weighted by Gasteiger charge is -2.28. The number of fused-ring (bicyclic) bond motifs is 1. The van der Waals surface area contributed by atoms with Crippen LogP contribution in [-0.2, 0) is 16.0 Å². The van der Waals surface area contributed by atoms with Crippen molar-refractivity contribution in [3.63, 3.8) is 0 Å².